The smallest absolute Gasteiger partial charge is 0.225 e. The van der Waals surface area contributed by atoms with Crippen LogP contribution in [0.1, 0.15) is 42.2 Å². The number of benzene rings is 2. The molecule has 2 aliphatic rings. The highest BCUT2D eigenvalue weighted by Crippen LogP contribution is 2.46. The number of carbonyl (C=O) groups is 2. The molecule has 6 nitrogen and oxygen atoms in total. The minimum absolute atomic E-state index is 0.0435. The Morgan fingerprint density at radius 2 is 1.57 bits per heavy atom. The number of hydrogen-bond donors (Lipinski definition) is 1. The van der Waals surface area contributed by atoms with E-state index in [0.717, 1.165) is 11.1 Å². The molecule has 0 bridgehead atoms. The van der Waals surface area contributed by atoms with Crippen molar-refractivity contribution in [3.8, 4) is 17.2 Å². The van der Waals surface area contributed by atoms with Gasteiger partial charge in [-0.3, -0.25) is 9.59 Å². The summed E-state index contributed by atoms with van der Waals surface area (Å²) in [5.41, 5.74) is 3.17. The van der Waals surface area contributed by atoms with Crippen molar-refractivity contribution in [2.45, 2.75) is 31.1 Å². The average molecular weight is 407 g/mol. The van der Waals surface area contributed by atoms with Crippen molar-refractivity contribution in [2.75, 3.05) is 21.3 Å². The maximum absolute atomic E-state index is 13.3. The third kappa shape index (κ3) is 3.54. The third-order valence-corrected chi connectivity index (χ3v) is 5.93. The summed E-state index contributed by atoms with van der Waals surface area (Å²) in [5, 5.41) is 2.96. The zero-order chi connectivity index (χ0) is 21.3. The Bertz CT molecular complexity index is 1030. The van der Waals surface area contributed by atoms with Gasteiger partial charge < -0.3 is 19.5 Å². The molecular formula is C24H25NO5. The molecule has 1 amide bonds. The first-order valence-corrected chi connectivity index (χ1v) is 9.96. The second-order valence-electron chi connectivity index (χ2n) is 7.58. The molecule has 0 unspecified atom stereocenters. The van der Waals surface area contributed by atoms with Crippen molar-refractivity contribution in [2.24, 2.45) is 0 Å². The van der Waals surface area contributed by atoms with E-state index in [1.807, 2.05) is 42.5 Å². The minimum Gasteiger partial charge on any atom is -0.497 e. The van der Waals surface area contributed by atoms with Gasteiger partial charge in [0.05, 0.1) is 21.3 Å². The van der Waals surface area contributed by atoms with Gasteiger partial charge >= 0.3 is 0 Å². The fourth-order valence-corrected chi connectivity index (χ4v) is 4.56. The Kier molecular flexibility index (Phi) is 5.48. The molecule has 1 aliphatic carbocycles. The van der Waals surface area contributed by atoms with Crippen molar-refractivity contribution in [3.63, 3.8) is 0 Å². The molecule has 1 N–H and O–H groups in total. The number of ether oxygens (including phenoxy) is 3. The molecule has 1 heterocycles. The Morgan fingerprint density at radius 3 is 2.30 bits per heavy atom. The maximum atomic E-state index is 13.3. The van der Waals surface area contributed by atoms with E-state index in [4.69, 9.17) is 14.2 Å². The molecule has 2 aromatic carbocycles. The van der Waals surface area contributed by atoms with E-state index >= 15 is 0 Å². The highest BCUT2D eigenvalue weighted by atomic mass is 16.5. The van der Waals surface area contributed by atoms with Crippen LogP contribution in [0.3, 0.4) is 0 Å². The number of allylic oxidation sites excluding steroid dienone is 2. The number of carbonyl (C=O) groups excluding carboxylic acids is 2. The monoisotopic (exact) mass is 407 g/mol. The summed E-state index contributed by atoms with van der Waals surface area (Å²) in [7, 11) is 4.82. The number of methoxy groups -OCH3 is 3. The van der Waals surface area contributed by atoms with Crippen molar-refractivity contribution in [1.82, 2.24) is 5.32 Å². The van der Waals surface area contributed by atoms with E-state index in [9.17, 15) is 9.59 Å². The summed E-state index contributed by atoms with van der Waals surface area (Å²) in [6.07, 6.45) is 1.14. The highest BCUT2D eigenvalue weighted by Gasteiger charge is 2.39. The van der Waals surface area contributed by atoms with Crippen molar-refractivity contribution >= 4 is 11.7 Å². The summed E-state index contributed by atoms with van der Waals surface area (Å²) in [5.74, 6) is 1.66. The first-order chi connectivity index (χ1) is 14.5. The lowest BCUT2D eigenvalue weighted by atomic mass is 9.73. The highest BCUT2D eigenvalue weighted by molar-refractivity contribution is 6.02. The van der Waals surface area contributed by atoms with Crippen LogP contribution in [0.2, 0.25) is 0 Å². The molecular weight excluding hydrogens is 382 g/mol. The number of amides is 1. The fourth-order valence-electron chi connectivity index (χ4n) is 4.56. The molecule has 0 aromatic heterocycles. The molecule has 0 saturated carbocycles. The molecule has 2 atom stereocenters. The standard InChI is InChI=1S/C24H25NO5/c1-28-15-8-9-22(30-3)17(12-15)14-10-19-24(20(26)11-14)18(13-23(27)25-19)16-6-4-5-7-21(16)29-2/h4-9,12,14,18H,10-11,13H2,1-3H3,(H,25,27)/t14-,18-/m1/s1. The summed E-state index contributed by atoms with van der Waals surface area (Å²) in [4.78, 5) is 25.9. The van der Waals surface area contributed by atoms with Crippen LogP contribution < -0.4 is 19.5 Å². The van der Waals surface area contributed by atoms with Gasteiger partial charge in [-0.15, -0.1) is 0 Å². The molecule has 4 rings (SSSR count). The second-order valence-corrected chi connectivity index (χ2v) is 7.58. The van der Waals surface area contributed by atoms with Crippen LogP contribution in [0, 0.1) is 0 Å². The van der Waals surface area contributed by atoms with Gasteiger partial charge in [0.15, 0.2) is 5.78 Å². The molecule has 6 heteroatoms. The number of rotatable bonds is 5. The first kappa shape index (κ1) is 20.0. The van der Waals surface area contributed by atoms with Crippen LogP contribution in [0.15, 0.2) is 53.7 Å². The van der Waals surface area contributed by atoms with Crippen molar-refractivity contribution < 1.29 is 23.8 Å². The predicted octanol–water partition coefficient (Wildman–Crippen LogP) is 3.72. The number of Topliss-reactive ketones (excluding diaryl/α,β-unsaturated/α-hetero) is 1. The normalized spacial score (nSPS) is 21.0. The number of ketones is 1. The van der Waals surface area contributed by atoms with Crippen LogP contribution in [-0.2, 0) is 9.59 Å². The Morgan fingerprint density at radius 1 is 0.833 bits per heavy atom. The maximum Gasteiger partial charge on any atom is 0.225 e. The van der Waals surface area contributed by atoms with E-state index < -0.39 is 0 Å². The quantitative estimate of drug-likeness (QED) is 0.818. The van der Waals surface area contributed by atoms with Crippen molar-refractivity contribution in [1.29, 1.82) is 0 Å². The number of hydrogen-bond acceptors (Lipinski definition) is 5. The van der Waals surface area contributed by atoms with Gasteiger partial charge in [0.2, 0.25) is 5.91 Å². The summed E-state index contributed by atoms with van der Waals surface area (Å²) in [6, 6.07) is 13.2. The molecule has 2 aromatic rings. The molecule has 0 fully saturated rings. The Hall–Kier alpha value is -3.28. The Labute approximate surface area is 175 Å². The molecule has 0 spiro atoms. The van der Waals surface area contributed by atoms with E-state index in [0.29, 0.717) is 41.4 Å². The van der Waals surface area contributed by atoms with Gasteiger partial charge in [-0.1, -0.05) is 18.2 Å². The van der Waals surface area contributed by atoms with Gasteiger partial charge in [0, 0.05) is 47.1 Å². The second kappa shape index (κ2) is 8.22. The van der Waals surface area contributed by atoms with Gasteiger partial charge in [-0.05, 0) is 30.7 Å². The minimum atomic E-state index is -0.300. The first-order valence-electron chi connectivity index (χ1n) is 9.96. The summed E-state index contributed by atoms with van der Waals surface area (Å²) < 4.78 is 16.4. The topological polar surface area (TPSA) is 73.9 Å². The summed E-state index contributed by atoms with van der Waals surface area (Å²) >= 11 is 0. The lowest BCUT2D eigenvalue weighted by molar-refractivity contribution is -0.122. The van der Waals surface area contributed by atoms with E-state index in [1.54, 1.807) is 21.3 Å². The predicted molar refractivity (Wildman–Crippen MR) is 112 cm³/mol. The van der Waals surface area contributed by atoms with Gasteiger partial charge in [-0.2, -0.15) is 0 Å². The number of nitrogens with one attached hydrogen (secondary N) is 1. The molecule has 156 valence electrons. The zero-order valence-corrected chi connectivity index (χ0v) is 17.4. The van der Waals surface area contributed by atoms with Crippen LogP contribution in [0.5, 0.6) is 17.2 Å². The zero-order valence-electron chi connectivity index (χ0n) is 17.4. The molecule has 0 radical (unpaired) electrons. The van der Waals surface area contributed by atoms with Crippen LogP contribution in [-0.4, -0.2) is 33.0 Å². The Balaban J connectivity index is 1.75. The van der Waals surface area contributed by atoms with Crippen molar-refractivity contribution in [3.05, 3.63) is 64.9 Å². The molecule has 0 saturated heterocycles. The van der Waals surface area contributed by atoms with Crippen LogP contribution in [0.4, 0.5) is 0 Å². The third-order valence-electron chi connectivity index (χ3n) is 5.93. The summed E-state index contributed by atoms with van der Waals surface area (Å²) in [6.45, 7) is 0. The van der Waals surface area contributed by atoms with Gasteiger partial charge in [0.25, 0.3) is 0 Å². The van der Waals surface area contributed by atoms with Crippen LogP contribution in [0.25, 0.3) is 0 Å². The van der Waals surface area contributed by atoms with E-state index in [1.165, 1.54) is 0 Å². The lowest BCUT2D eigenvalue weighted by Crippen LogP contribution is -2.38. The van der Waals surface area contributed by atoms with E-state index in [-0.39, 0.29) is 29.9 Å². The lowest BCUT2D eigenvalue weighted by Gasteiger charge is -2.35. The molecule has 1 aliphatic heterocycles. The fraction of sp³-hybridized carbons (Fsp3) is 0.333. The number of para-hydroxylation sites is 1. The molecule has 30 heavy (non-hydrogen) atoms. The average Bonchev–Trinajstić information content (AvgIpc) is 2.77. The van der Waals surface area contributed by atoms with E-state index in [2.05, 4.69) is 5.32 Å². The SMILES string of the molecule is COc1ccc(OC)c([C@H]2CC(=O)C3=C(C2)NC(=O)C[C@@H]3c2ccccc2OC)c1. The largest absolute Gasteiger partial charge is 0.497 e. The van der Waals surface area contributed by atoms with Gasteiger partial charge in [-0.25, -0.2) is 0 Å². The van der Waals surface area contributed by atoms with Gasteiger partial charge in [0.1, 0.15) is 17.2 Å². The van der Waals surface area contributed by atoms with Crippen LogP contribution >= 0.6 is 0 Å².